The average Bonchev–Trinajstić information content (AvgIpc) is 2.18. The van der Waals surface area contributed by atoms with E-state index in [9.17, 15) is 4.79 Å². The first-order valence-corrected chi connectivity index (χ1v) is 4.03. The SMILES string of the molecule is C=Nc1cc(CC=O)ccc1NC. The van der Waals surface area contributed by atoms with E-state index in [1.165, 1.54) is 0 Å². The molecule has 0 radical (unpaired) electrons. The van der Waals surface area contributed by atoms with E-state index in [0.29, 0.717) is 6.42 Å². The summed E-state index contributed by atoms with van der Waals surface area (Å²) in [6.45, 7) is 3.46. The molecule has 0 aliphatic heterocycles. The maximum atomic E-state index is 10.3. The van der Waals surface area contributed by atoms with Gasteiger partial charge in [0.2, 0.25) is 0 Å². The highest BCUT2D eigenvalue weighted by Gasteiger charge is 1.99. The minimum atomic E-state index is 0.423. The monoisotopic (exact) mass is 176 g/mol. The molecule has 0 unspecified atom stereocenters. The number of carbonyl (C=O) groups excluding carboxylic acids is 1. The summed E-state index contributed by atoms with van der Waals surface area (Å²) in [6, 6.07) is 5.64. The molecule has 0 spiro atoms. The van der Waals surface area contributed by atoms with Crippen molar-refractivity contribution in [3.63, 3.8) is 0 Å². The van der Waals surface area contributed by atoms with Gasteiger partial charge in [-0.3, -0.25) is 4.99 Å². The number of anilines is 1. The maximum absolute atomic E-state index is 10.3. The van der Waals surface area contributed by atoms with Crippen LogP contribution in [0.5, 0.6) is 0 Å². The zero-order chi connectivity index (χ0) is 9.68. The molecule has 0 amide bonds. The van der Waals surface area contributed by atoms with Crippen LogP contribution in [0.1, 0.15) is 5.56 Å². The summed E-state index contributed by atoms with van der Waals surface area (Å²) in [6.07, 6.45) is 1.30. The third-order valence-corrected chi connectivity index (χ3v) is 1.82. The molecule has 1 aromatic carbocycles. The summed E-state index contributed by atoms with van der Waals surface area (Å²) in [5, 5.41) is 2.99. The predicted octanol–water partition coefficient (Wildman–Crippen LogP) is 1.80. The molecule has 0 aliphatic carbocycles. The lowest BCUT2D eigenvalue weighted by Gasteiger charge is -2.05. The normalized spacial score (nSPS) is 9.31. The summed E-state index contributed by atoms with van der Waals surface area (Å²) < 4.78 is 0. The van der Waals surface area contributed by atoms with E-state index in [4.69, 9.17) is 0 Å². The standard InChI is InChI=1S/C10H12N2O/c1-11-9-4-3-8(5-6-13)7-10(9)12-2/h3-4,6-7,11H,2,5H2,1H3. The van der Waals surface area contributed by atoms with Crippen molar-refractivity contribution in [2.24, 2.45) is 4.99 Å². The smallest absolute Gasteiger partial charge is 0.124 e. The molecule has 3 nitrogen and oxygen atoms in total. The van der Waals surface area contributed by atoms with Crippen molar-refractivity contribution in [1.29, 1.82) is 0 Å². The van der Waals surface area contributed by atoms with E-state index in [2.05, 4.69) is 17.0 Å². The molecular formula is C10H12N2O. The molecule has 0 heterocycles. The molecular weight excluding hydrogens is 164 g/mol. The Bertz CT molecular complexity index is 321. The van der Waals surface area contributed by atoms with Gasteiger partial charge in [-0.25, -0.2) is 0 Å². The molecule has 0 fully saturated rings. The number of aldehydes is 1. The maximum Gasteiger partial charge on any atom is 0.124 e. The van der Waals surface area contributed by atoms with Crippen molar-refractivity contribution in [3.05, 3.63) is 23.8 Å². The molecule has 68 valence electrons. The number of carbonyl (C=O) groups is 1. The second-order valence-electron chi connectivity index (χ2n) is 2.63. The Balaban J connectivity index is 3.04. The van der Waals surface area contributed by atoms with Crippen molar-refractivity contribution >= 4 is 24.4 Å². The molecule has 0 bridgehead atoms. The molecule has 0 aliphatic rings. The van der Waals surface area contributed by atoms with Gasteiger partial charge in [-0.2, -0.15) is 0 Å². The van der Waals surface area contributed by atoms with Crippen LogP contribution in [0.15, 0.2) is 23.2 Å². The van der Waals surface area contributed by atoms with Gasteiger partial charge in [0.25, 0.3) is 0 Å². The molecule has 0 atom stereocenters. The van der Waals surface area contributed by atoms with Gasteiger partial charge in [0.05, 0.1) is 11.4 Å². The Morgan fingerprint density at radius 2 is 2.38 bits per heavy atom. The van der Waals surface area contributed by atoms with Gasteiger partial charge in [0.1, 0.15) is 6.29 Å². The third kappa shape index (κ3) is 2.15. The van der Waals surface area contributed by atoms with Crippen molar-refractivity contribution < 1.29 is 4.79 Å². The number of rotatable bonds is 4. The highest BCUT2D eigenvalue weighted by molar-refractivity contribution is 5.69. The van der Waals surface area contributed by atoms with Crippen LogP contribution in [0, 0.1) is 0 Å². The van der Waals surface area contributed by atoms with Gasteiger partial charge in [0, 0.05) is 13.5 Å². The fraction of sp³-hybridized carbons (Fsp3) is 0.200. The minimum absolute atomic E-state index is 0.423. The van der Waals surface area contributed by atoms with Crippen molar-refractivity contribution in [1.82, 2.24) is 0 Å². The molecule has 0 saturated heterocycles. The lowest BCUT2D eigenvalue weighted by atomic mass is 10.1. The Labute approximate surface area is 77.5 Å². The van der Waals surface area contributed by atoms with Crippen LogP contribution in [0.25, 0.3) is 0 Å². The van der Waals surface area contributed by atoms with Gasteiger partial charge in [-0.05, 0) is 24.4 Å². The Morgan fingerprint density at radius 1 is 1.62 bits per heavy atom. The molecule has 0 aromatic heterocycles. The van der Waals surface area contributed by atoms with E-state index >= 15 is 0 Å². The lowest BCUT2D eigenvalue weighted by Crippen LogP contribution is -1.91. The van der Waals surface area contributed by atoms with Crippen molar-refractivity contribution in [3.8, 4) is 0 Å². The van der Waals surface area contributed by atoms with Crippen LogP contribution >= 0.6 is 0 Å². The van der Waals surface area contributed by atoms with Crippen molar-refractivity contribution in [2.75, 3.05) is 12.4 Å². The van der Waals surface area contributed by atoms with Crippen LogP contribution in [0.3, 0.4) is 0 Å². The van der Waals surface area contributed by atoms with E-state index in [0.717, 1.165) is 23.2 Å². The Kier molecular flexibility index (Phi) is 3.20. The zero-order valence-corrected chi connectivity index (χ0v) is 7.58. The second-order valence-corrected chi connectivity index (χ2v) is 2.63. The quantitative estimate of drug-likeness (QED) is 0.561. The highest BCUT2D eigenvalue weighted by atomic mass is 16.1. The fourth-order valence-electron chi connectivity index (χ4n) is 1.14. The lowest BCUT2D eigenvalue weighted by molar-refractivity contribution is -0.107. The van der Waals surface area contributed by atoms with Crippen LogP contribution in [-0.4, -0.2) is 20.1 Å². The topological polar surface area (TPSA) is 41.5 Å². The summed E-state index contributed by atoms with van der Waals surface area (Å²) in [5.74, 6) is 0. The van der Waals surface area contributed by atoms with E-state index < -0.39 is 0 Å². The van der Waals surface area contributed by atoms with Gasteiger partial charge in [0.15, 0.2) is 0 Å². The number of hydrogen-bond acceptors (Lipinski definition) is 3. The Hall–Kier alpha value is -1.64. The number of nitrogens with zero attached hydrogens (tertiary/aromatic N) is 1. The van der Waals surface area contributed by atoms with Crippen LogP contribution in [0.2, 0.25) is 0 Å². The fourth-order valence-corrected chi connectivity index (χ4v) is 1.14. The van der Waals surface area contributed by atoms with Crippen LogP contribution in [0.4, 0.5) is 11.4 Å². The molecule has 1 aromatic rings. The summed E-state index contributed by atoms with van der Waals surface area (Å²) >= 11 is 0. The van der Waals surface area contributed by atoms with E-state index in [1.54, 1.807) is 0 Å². The highest BCUT2D eigenvalue weighted by Crippen LogP contribution is 2.25. The first kappa shape index (κ1) is 9.45. The summed E-state index contributed by atoms with van der Waals surface area (Å²) in [7, 11) is 1.82. The first-order valence-electron chi connectivity index (χ1n) is 4.03. The van der Waals surface area contributed by atoms with Gasteiger partial charge in [-0.15, -0.1) is 0 Å². The minimum Gasteiger partial charge on any atom is -0.386 e. The van der Waals surface area contributed by atoms with E-state index in [-0.39, 0.29) is 0 Å². The summed E-state index contributed by atoms with van der Waals surface area (Å²) in [4.78, 5) is 14.1. The van der Waals surface area contributed by atoms with E-state index in [1.807, 2.05) is 25.2 Å². The van der Waals surface area contributed by atoms with Crippen LogP contribution in [-0.2, 0) is 11.2 Å². The average molecular weight is 176 g/mol. The second kappa shape index (κ2) is 4.40. The number of aliphatic imine (C=N–C) groups is 1. The summed E-state index contributed by atoms with van der Waals surface area (Å²) in [5.41, 5.74) is 2.66. The number of benzene rings is 1. The zero-order valence-electron chi connectivity index (χ0n) is 7.58. The van der Waals surface area contributed by atoms with Gasteiger partial charge >= 0.3 is 0 Å². The van der Waals surface area contributed by atoms with Crippen molar-refractivity contribution in [2.45, 2.75) is 6.42 Å². The number of hydrogen-bond donors (Lipinski definition) is 1. The van der Waals surface area contributed by atoms with Gasteiger partial charge in [-0.1, -0.05) is 6.07 Å². The Morgan fingerprint density at radius 3 is 2.92 bits per heavy atom. The third-order valence-electron chi connectivity index (χ3n) is 1.82. The molecule has 3 heteroatoms. The molecule has 1 N–H and O–H groups in total. The molecule has 1 rings (SSSR count). The largest absolute Gasteiger partial charge is 0.386 e. The van der Waals surface area contributed by atoms with Crippen LogP contribution < -0.4 is 5.32 Å². The first-order chi connectivity index (χ1) is 6.31. The molecule has 0 saturated carbocycles. The predicted molar refractivity (Wildman–Crippen MR) is 55.0 cm³/mol. The number of nitrogens with one attached hydrogen (secondary N) is 1. The molecule has 13 heavy (non-hydrogen) atoms. The van der Waals surface area contributed by atoms with Gasteiger partial charge < -0.3 is 10.1 Å².